The molecule has 2 N–H and O–H groups in total. The second-order valence-corrected chi connectivity index (χ2v) is 7.20. The predicted octanol–water partition coefficient (Wildman–Crippen LogP) is 2.49. The summed E-state index contributed by atoms with van der Waals surface area (Å²) in [6.07, 6.45) is 0. The number of benzene rings is 2. The van der Waals surface area contributed by atoms with Crippen molar-refractivity contribution in [2.45, 2.75) is 25.3 Å². The third-order valence-electron chi connectivity index (χ3n) is 3.56. The Hall–Kier alpha value is -2.38. The van der Waals surface area contributed by atoms with Gasteiger partial charge >= 0.3 is 5.97 Å². The Morgan fingerprint density at radius 2 is 1.79 bits per heavy atom. The molecular formula is C17H19NO5S. The van der Waals surface area contributed by atoms with Gasteiger partial charge < -0.3 is 9.84 Å². The molecule has 0 saturated carbocycles. The van der Waals surface area contributed by atoms with Gasteiger partial charge in [-0.1, -0.05) is 17.7 Å². The van der Waals surface area contributed by atoms with Crippen LogP contribution in [0, 0.1) is 13.8 Å². The van der Waals surface area contributed by atoms with Crippen molar-refractivity contribution in [3.8, 4) is 5.75 Å². The van der Waals surface area contributed by atoms with E-state index < -0.39 is 16.0 Å². The maximum atomic E-state index is 12.4. The van der Waals surface area contributed by atoms with Crippen molar-refractivity contribution in [1.82, 2.24) is 4.72 Å². The molecule has 128 valence electrons. The fourth-order valence-corrected chi connectivity index (χ4v) is 3.51. The molecule has 0 aliphatic rings. The Kier molecular flexibility index (Phi) is 5.26. The van der Waals surface area contributed by atoms with Crippen LogP contribution in [0.15, 0.2) is 41.3 Å². The lowest BCUT2D eigenvalue weighted by molar-refractivity contribution is 0.0696. The van der Waals surface area contributed by atoms with Crippen LogP contribution in [0.25, 0.3) is 0 Å². The largest absolute Gasteiger partial charge is 0.496 e. The summed E-state index contributed by atoms with van der Waals surface area (Å²) in [5.74, 6) is -0.462. The highest BCUT2D eigenvalue weighted by atomic mass is 32.2. The van der Waals surface area contributed by atoms with E-state index in [9.17, 15) is 13.2 Å². The number of methoxy groups -OCH3 is 1. The van der Waals surface area contributed by atoms with Crippen LogP contribution in [0.5, 0.6) is 5.75 Å². The van der Waals surface area contributed by atoms with E-state index in [1.54, 1.807) is 7.11 Å². The number of hydrogen-bond donors (Lipinski definition) is 2. The quantitative estimate of drug-likeness (QED) is 0.836. The van der Waals surface area contributed by atoms with Gasteiger partial charge in [0, 0.05) is 12.1 Å². The first kappa shape index (κ1) is 18.0. The SMILES string of the molecule is COc1c(C)cc(C)cc1CNS(=O)(=O)c1ccc(C(=O)O)cc1. The number of aromatic carboxylic acids is 1. The van der Waals surface area contributed by atoms with E-state index in [1.807, 2.05) is 26.0 Å². The summed E-state index contributed by atoms with van der Waals surface area (Å²) in [6, 6.07) is 8.88. The zero-order chi connectivity index (χ0) is 17.9. The zero-order valence-electron chi connectivity index (χ0n) is 13.7. The van der Waals surface area contributed by atoms with Crippen LogP contribution < -0.4 is 9.46 Å². The number of rotatable bonds is 6. The van der Waals surface area contributed by atoms with Crippen molar-refractivity contribution in [3.05, 3.63) is 58.7 Å². The summed E-state index contributed by atoms with van der Waals surface area (Å²) in [7, 11) is -2.21. The number of carboxylic acid groups (broad SMARTS) is 1. The molecule has 2 rings (SSSR count). The lowest BCUT2D eigenvalue weighted by Crippen LogP contribution is -2.23. The van der Waals surface area contributed by atoms with Crippen LogP contribution in [-0.4, -0.2) is 26.6 Å². The van der Waals surface area contributed by atoms with Gasteiger partial charge in [0.05, 0.1) is 17.6 Å². The second kappa shape index (κ2) is 7.02. The minimum atomic E-state index is -3.75. The molecule has 0 spiro atoms. The molecule has 0 unspecified atom stereocenters. The Labute approximate surface area is 141 Å². The molecule has 0 radical (unpaired) electrons. The summed E-state index contributed by atoms with van der Waals surface area (Å²) in [4.78, 5) is 10.8. The number of carboxylic acids is 1. The molecule has 0 aromatic heterocycles. The minimum absolute atomic E-state index is 0.0100. The number of hydrogen-bond acceptors (Lipinski definition) is 4. The number of ether oxygens (including phenoxy) is 1. The van der Waals surface area contributed by atoms with Crippen LogP contribution in [-0.2, 0) is 16.6 Å². The summed E-state index contributed by atoms with van der Waals surface area (Å²) < 4.78 is 32.6. The Morgan fingerprint density at radius 3 is 2.33 bits per heavy atom. The monoisotopic (exact) mass is 349 g/mol. The topological polar surface area (TPSA) is 92.7 Å². The molecule has 0 atom stereocenters. The van der Waals surface area contributed by atoms with Crippen molar-refractivity contribution >= 4 is 16.0 Å². The van der Waals surface area contributed by atoms with Crippen LogP contribution >= 0.6 is 0 Å². The van der Waals surface area contributed by atoms with Gasteiger partial charge in [0.1, 0.15) is 5.75 Å². The van der Waals surface area contributed by atoms with Gasteiger partial charge in [0.25, 0.3) is 0 Å². The lowest BCUT2D eigenvalue weighted by Gasteiger charge is -2.14. The lowest BCUT2D eigenvalue weighted by atomic mass is 10.1. The summed E-state index contributed by atoms with van der Waals surface area (Å²) >= 11 is 0. The first-order valence-corrected chi connectivity index (χ1v) is 8.70. The predicted molar refractivity (Wildman–Crippen MR) is 89.9 cm³/mol. The highest BCUT2D eigenvalue weighted by molar-refractivity contribution is 7.89. The third-order valence-corrected chi connectivity index (χ3v) is 4.98. The molecule has 24 heavy (non-hydrogen) atoms. The summed E-state index contributed by atoms with van der Waals surface area (Å²) in [5.41, 5.74) is 2.71. The number of nitrogens with one attached hydrogen (secondary N) is 1. The second-order valence-electron chi connectivity index (χ2n) is 5.43. The van der Waals surface area contributed by atoms with E-state index in [0.717, 1.165) is 16.7 Å². The van der Waals surface area contributed by atoms with E-state index in [0.29, 0.717) is 5.75 Å². The van der Waals surface area contributed by atoms with E-state index >= 15 is 0 Å². The average Bonchev–Trinajstić information content (AvgIpc) is 2.52. The van der Waals surface area contributed by atoms with Gasteiger partial charge in [-0.3, -0.25) is 0 Å². The molecule has 0 bridgehead atoms. The highest BCUT2D eigenvalue weighted by Crippen LogP contribution is 2.25. The van der Waals surface area contributed by atoms with Crippen molar-refractivity contribution < 1.29 is 23.1 Å². The van der Waals surface area contributed by atoms with E-state index in [1.165, 1.54) is 24.3 Å². The first-order valence-electron chi connectivity index (χ1n) is 7.21. The maximum Gasteiger partial charge on any atom is 0.335 e. The number of aryl methyl sites for hydroxylation is 2. The molecule has 2 aromatic carbocycles. The van der Waals surface area contributed by atoms with Gasteiger partial charge in [-0.2, -0.15) is 0 Å². The normalized spacial score (nSPS) is 11.3. The molecule has 0 aliphatic heterocycles. The zero-order valence-corrected chi connectivity index (χ0v) is 14.5. The number of sulfonamides is 1. The fourth-order valence-electron chi connectivity index (χ4n) is 2.50. The average molecular weight is 349 g/mol. The van der Waals surface area contributed by atoms with Gasteiger partial charge in [-0.05, 0) is 43.7 Å². The maximum absolute atomic E-state index is 12.4. The minimum Gasteiger partial charge on any atom is -0.496 e. The Bertz CT molecular complexity index is 857. The first-order chi connectivity index (χ1) is 11.2. The molecule has 6 nitrogen and oxygen atoms in total. The smallest absolute Gasteiger partial charge is 0.335 e. The van der Waals surface area contributed by atoms with Crippen molar-refractivity contribution in [3.63, 3.8) is 0 Å². The molecule has 0 heterocycles. The Morgan fingerprint density at radius 1 is 1.17 bits per heavy atom. The van der Waals surface area contributed by atoms with Crippen molar-refractivity contribution in [2.75, 3.05) is 7.11 Å². The van der Waals surface area contributed by atoms with Gasteiger partial charge in [-0.15, -0.1) is 0 Å². The summed E-state index contributed by atoms with van der Waals surface area (Å²) in [5, 5.41) is 8.86. The van der Waals surface area contributed by atoms with E-state index in [4.69, 9.17) is 9.84 Å². The van der Waals surface area contributed by atoms with Crippen LogP contribution in [0.1, 0.15) is 27.0 Å². The van der Waals surface area contributed by atoms with E-state index in [-0.39, 0.29) is 17.0 Å². The van der Waals surface area contributed by atoms with Crippen LogP contribution in [0.4, 0.5) is 0 Å². The van der Waals surface area contributed by atoms with E-state index in [2.05, 4.69) is 4.72 Å². The van der Waals surface area contributed by atoms with Crippen molar-refractivity contribution in [1.29, 1.82) is 0 Å². The van der Waals surface area contributed by atoms with Crippen LogP contribution in [0.3, 0.4) is 0 Å². The fraction of sp³-hybridized carbons (Fsp3) is 0.235. The molecule has 7 heteroatoms. The standard InChI is InChI=1S/C17H19NO5S/c1-11-8-12(2)16(23-3)14(9-11)10-18-24(21,22)15-6-4-13(5-7-15)17(19)20/h4-9,18H,10H2,1-3H3,(H,19,20). The van der Waals surface area contributed by atoms with Crippen LogP contribution in [0.2, 0.25) is 0 Å². The molecule has 2 aromatic rings. The molecule has 0 fully saturated rings. The van der Waals surface area contributed by atoms with Gasteiger partial charge in [0.2, 0.25) is 10.0 Å². The Balaban J connectivity index is 2.23. The molecule has 0 amide bonds. The molecular weight excluding hydrogens is 330 g/mol. The summed E-state index contributed by atoms with van der Waals surface area (Å²) in [6.45, 7) is 3.90. The van der Waals surface area contributed by atoms with Gasteiger partial charge in [0.15, 0.2) is 0 Å². The number of carbonyl (C=O) groups is 1. The molecule has 0 saturated heterocycles. The molecule has 0 aliphatic carbocycles. The van der Waals surface area contributed by atoms with Crippen molar-refractivity contribution in [2.24, 2.45) is 0 Å². The third kappa shape index (κ3) is 3.93. The highest BCUT2D eigenvalue weighted by Gasteiger charge is 2.16. The van der Waals surface area contributed by atoms with Gasteiger partial charge in [-0.25, -0.2) is 17.9 Å².